The van der Waals surface area contributed by atoms with E-state index in [0.717, 1.165) is 25.7 Å². The summed E-state index contributed by atoms with van der Waals surface area (Å²) in [6, 6.07) is 0. The Bertz CT molecular complexity index is 208. The highest BCUT2D eigenvalue weighted by molar-refractivity contribution is 5.84. The van der Waals surface area contributed by atoms with Crippen molar-refractivity contribution in [2.24, 2.45) is 16.8 Å². The number of carbonyl (C=O) groups is 1. The summed E-state index contributed by atoms with van der Waals surface area (Å²) in [6.07, 6.45) is 4.13. The second-order valence-electron chi connectivity index (χ2n) is 3.42. The summed E-state index contributed by atoms with van der Waals surface area (Å²) in [5, 5.41) is 3.63. The van der Waals surface area contributed by atoms with Gasteiger partial charge in [-0.05, 0) is 19.8 Å². The van der Waals surface area contributed by atoms with E-state index < -0.39 is 0 Å². The highest BCUT2D eigenvalue weighted by Crippen LogP contribution is 2.25. The standard InChI is InChI=1S/C9H16N2O2/c1-7(6-10)11-13-9(12)8-4-2-3-5-8/h8H,2-6,10H2,1H3/b11-7-. The van der Waals surface area contributed by atoms with Gasteiger partial charge in [0.15, 0.2) is 0 Å². The van der Waals surface area contributed by atoms with Crippen molar-refractivity contribution in [3.63, 3.8) is 0 Å². The van der Waals surface area contributed by atoms with Gasteiger partial charge in [-0.3, -0.25) is 0 Å². The molecule has 0 atom stereocenters. The van der Waals surface area contributed by atoms with Gasteiger partial charge in [0.25, 0.3) is 0 Å². The van der Waals surface area contributed by atoms with Gasteiger partial charge >= 0.3 is 5.97 Å². The van der Waals surface area contributed by atoms with Crippen molar-refractivity contribution in [2.45, 2.75) is 32.6 Å². The molecule has 1 aliphatic carbocycles. The van der Waals surface area contributed by atoms with Gasteiger partial charge in [0.05, 0.1) is 11.6 Å². The molecular formula is C9H16N2O2. The number of carbonyl (C=O) groups excluding carboxylic acids is 1. The lowest BCUT2D eigenvalue weighted by molar-refractivity contribution is -0.148. The molecule has 0 aromatic rings. The summed E-state index contributed by atoms with van der Waals surface area (Å²) in [5.74, 6) is -0.139. The molecule has 13 heavy (non-hydrogen) atoms. The molecule has 74 valence electrons. The molecule has 1 aliphatic rings. The zero-order chi connectivity index (χ0) is 9.68. The molecule has 0 amide bonds. The van der Waals surface area contributed by atoms with Crippen LogP contribution in [-0.2, 0) is 9.63 Å². The fourth-order valence-corrected chi connectivity index (χ4v) is 1.40. The quantitative estimate of drug-likeness (QED) is 0.405. The minimum Gasteiger partial charge on any atom is -0.325 e. The molecule has 4 nitrogen and oxygen atoms in total. The second kappa shape index (κ2) is 4.97. The third-order valence-corrected chi connectivity index (χ3v) is 2.28. The number of nitrogens with two attached hydrogens (primary N) is 1. The van der Waals surface area contributed by atoms with Crippen molar-refractivity contribution < 1.29 is 9.63 Å². The highest BCUT2D eigenvalue weighted by atomic mass is 16.7. The Labute approximate surface area is 78.1 Å². The zero-order valence-electron chi connectivity index (χ0n) is 7.95. The van der Waals surface area contributed by atoms with Crippen molar-refractivity contribution >= 4 is 11.7 Å². The summed E-state index contributed by atoms with van der Waals surface area (Å²) in [7, 11) is 0. The Balaban J connectivity index is 2.32. The van der Waals surface area contributed by atoms with Crippen molar-refractivity contribution in [2.75, 3.05) is 6.54 Å². The van der Waals surface area contributed by atoms with Gasteiger partial charge in [0, 0.05) is 6.54 Å². The predicted molar refractivity (Wildman–Crippen MR) is 50.2 cm³/mol. The van der Waals surface area contributed by atoms with E-state index in [1.54, 1.807) is 6.92 Å². The average molecular weight is 184 g/mol. The normalized spacial score (nSPS) is 19.1. The fourth-order valence-electron chi connectivity index (χ4n) is 1.40. The van der Waals surface area contributed by atoms with Crippen LogP contribution in [0.15, 0.2) is 5.16 Å². The van der Waals surface area contributed by atoms with E-state index in [-0.39, 0.29) is 11.9 Å². The molecule has 0 aromatic carbocycles. The van der Waals surface area contributed by atoms with Crippen LogP contribution in [0, 0.1) is 5.92 Å². The SMILES string of the molecule is C/C(CN)=N/OC(=O)C1CCCC1. The van der Waals surface area contributed by atoms with Gasteiger partial charge in [-0.2, -0.15) is 0 Å². The molecule has 1 rings (SSSR count). The first kappa shape index (κ1) is 10.2. The van der Waals surface area contributed by atoms with E-state index in [1.807, 2.05) is 0 Å². The molecule has 0 unspecified atom stereocenters. The maximum Gasteiger partial charge on any atom is 0.338 e. The average Bonchev–Trinajstić information content (AvgIpc) is 2.66. The molecule has 0 heterocycles. The number of hydrogen-bond acceptors (Lipinski definition) is 4. The Kier molecular flexibility index (Phi) is 3.89. The molecule has 0 aliphatic heterocycles. The second-order valence-corrected chi connectivity index (χ2v) is 3.42. The maximum absolute atomic E-state index is 11.3. The van der Waals surface area contributed by atoms with Crippen molar-refractivity contribution in [3.05, 3.63) is 0 Å². The monoisotopic (exact) mass is 184 g/mol. The van der Waals surface area contributed by atoms with Crippen LogP contribution in [0.5, 0.6) is 0 Å². The summed E-state index contributed by atoms with van der Waals surface area (Å²) in [5.41, 5.74) is 5.93. The van der Waals surface area contributed by atoms with E-state index in [1.165, 1.54) is 0 Å². The van der Waals surface area contributed by atoms with E-state index in [9.17, 15) is 4.79 Å². The van der Waals surface area contributed by atoms with Crippen LogP contribution in [0.3, 0.4) is 0 Å². The smallest absolute Gasteiger partial charge is 0.325 e. The van der Waals surface area contributed by atoms with Crippen LogP contribution in [-0.4, -0.2) is 18.2 Å². The molecule has 0 bridgehead atoms. The van der Waals surface area contributed by atoms with Gasteiger partial charge < -0.3 is 10.6 Å². The van der Waals surface area contributed by atoms with Crippen LogP contribution in [0.4, 0.5) is 0 Å². The van der Waals surface area contributed by atoms with Gasteiger partial charge in [-0.15, -0.1) is 0 Å². The lowest BCUT2D eigenvalue weighted by Gasteiger charge is -2.04. The van der Waals surface area contributed by atoms with E-state index in [4.69, 9.17) is 10.6 Å². The Hall–Kier alpha value is -0.900. The topological polar surface area (TPSA) is 64.7 Å². The maximum atomic E-state index is 11.3. The summed E-state index contributed by atoms with van der Waals surface area (Å²) >= 11 is 0. The number of nitrogens with zero attached hydrogens (tertiary/aromatic N) is 1. The third-order valence-electron chi connectivity index (χ3n) is 2.28. The van der Waals surface area contributed by atoms with Crippen molar-refractivity contribution in [3.8, 4) is 0 Å². The Morgan fingerprint density at radius 1 is 1.54 bits per heavy atom. The first-order valence-electron chi connectivity index (χ1n) is 4.68. The van der Waals surface area contributed by atoms with Crippen LogP contribution in [0.25, 0.3) is 0 Å². The highest BCUT2D eigenvalue weighted by Gasteiger charge is 2.24. The molecule has 4 heteroatoms. The van der Waals surface area contributed by atoms with Gasteiger partial charge in [-0.25, -0.2) is 4.79 Å². The molecule has 1 saturated carbocycles. The number of rotatable bonds is 3. The van der Waals surface area contributed by atoms with E-state index >= 15 is 0 Å². The minimum absolute atomic E-state index is 0.0642. The molecule has 1 fully saturated rings. The molecular weight excluding hydrogens is 168 g/mol. The number of oxime groups is 1. The van der Waals surface area contributed by atoms with E-state index in [2.05, 4.69) is 5.16 Å². The summed E-state index contributed by atoms with van der Waals surface area (Å²) in [4.78, 5) is 16.0. The molecule has 0 radical (unpaired) electrons. The minimum atomic E-state index is -0.203. The molecule has 2 N–H and O–H groups in total. The third kappa shape index (κ3) is 3.14. The lowest BCUT2D eigenvalue weighted by atomic mass is 10.1. The first-order valence-corrected chi connectivity index (χ1v) is 4.68. The van der Waals surface area contributed by atoms with Crippen molar-refractivity contribution in [1.82, 2.24) is 0 Å². The molecule has 0 saturated heterocycles. The van der Waals surface area contributed by atoms with Crippen LogP contribution < -0.4 is 5.73 Å². The first-order chi connectivity index (χ1) is 6.24. The Morgan fingerprint density at radius 2 is 2.15 bits per heavy atom. The van der Waals surface area contributed by atoms with E-state index in [0.29, 0.717) is 12.3 Å². The van der Waals surface area contributed by atoms with Crippen LogP contribution in [0.1, 0.15) is 32.6 Å². The predicted octanol–water partition coefficient (Wildman–Crippen LogP) is 1.05. The summed E-state index contributed by atoms with van der Waals surface area (Å²) < 4.78 is 0. The van der Waals surface area contributed by atoms with Crippen LogP contribution >= 0.6 is 0 Å². The molecule has 0 spiro atoms. The fraction of sp³-hybridized carbons (Fsp3) is 0.778. The van der Waals surface area contributed by atoms with Gasteiger partial charge in [0.2, 0.25) is 0 Å². The number of hydrogen-bond donors (Lipinski definition) is 1. The molecule has 0 aromatic heterocycles. The van der Waals surface area contributed by atoms with Gasteiger partial charge in [-0.1, -0.05) is 18.0 Å². The zero-order valence-corrected chi connectivity index (χ0v) is 7.95. The Morgan fingerprint density at radius 3 is 2.69 bits per heavy atom. The van der Waals surface area contributed by atoms with Gasteiger partial charge in [0.1, 0.15) is 0 Å². The van der Waals surface area contributed by atoms with Crippen LogP contribution in [0.2, 0.25) is 0 Å². The summed E-state index contributed by atoms with van der Waals surface area (Å²) in [6.45, 7) is 2.07. The van der Waals surface area contributed by atoms with Crippen molar-refractivity contribution in [1.29, 1.82) is 0 Å². The lowest BCUT2D eigenvalue weighted by Crippen LogP contribution is -2.15. The largest absolute Gasteiger partial charge is 0.338 e.